The highest BCUT2D eigenvalue weighted by Crippen LogP contribution is 2.48. The highest BCUT2D eigenvalue weighted by molar-refractivity contribution is 6.23. The van der Waals surface area contributed by atoms with Crippen molar-refractivity contribution in [3.63, 3.8) is 0 Å². The van der Waals surface area contributed by atoms with E-state index in [1.807, 2.05) is 12.4 Å². The van der Waals surface area contributed by atoms with Crippen molar-refractivity contribution in [2.24, 2.45) is 0 Å². The smallest absolute Gasteiger partial charge is 0.143 e. The molecule has 3 heteroatoms. The van der Waals surface area contributed by atoms with E-state index in [0.717, 1.165) is 66.8 Å². The molecule has 3 nitrogen and oxygen atoms in total. The van der Waals surface area contributed by atoms with E-state index in [0.29, 0.717) is 0 Å². The summed E-state index contributed by atoms with van der Waals surface area (Å²) in [5.74, 6) is 1.59. The van der Waals surface area contributed by atoms with Crippen LogP contribution < -0.4 is 9.64 Å². The number of pyridine rings is 1. The molecule has 0 radical (unpaired) electrons. The first kappa shape index (κ1) is 28.3. The van der Waals surface area contributed by atoms with E-state index < -0.39 is 0 Å². The third-order valence-electron chi connectivity index (χ3n) is 9.91. The van der Waals surface area contributed by atoms with Crippen molar-refractivity contribution in [2.75, 3.05) is 4.90 Å². The van der Waals surface area contributed by atoms with Crippen LogP contribution in [0.1, 0.15) is 11.1 Å². The summed E-state index contributed by atoms with van der Waals surface area (Å²) in [6, 6.07) is 55.9. The number of anilines is 3. The second-order valence-corrected chi connectivity index (χ2v) is 12.7. The number of benzene rings is 8. The highest BCUT2D eigenvalue weighted by Gasteiger charge is 2.23. The number of rotatable bonds is 4. The predicted octanol–water partition coefficient (Wildman–Crippen LogP) is 13.1. The Morgan fingerprint density at radius 1 is 0.460 bits per heavy atom. The van der Waals surface area contributed by atoms with Crippen LogP contribution >= 0.6 is 0 Å². The molecule has 50 heavy (non-hydrogen) atoms. The number of aromatic nitrogens is 1. The van der Waals surface area contributed by atoms with Gasteiger partial charge in [-0.15, -0.1) is 0 Å². The van der Waals surface area contributed by atoms with Crippen molar-refractivity contribution in [1.82, 2.24) is 4.98 Å². The molecule has 0 fully saturated rings. The average molecular weight is 639 g/mol. The van der Waals surface area contributed by atoms with E-state index in [2.05, 4.69) is 180 Å². The van der Waals surface area contributed by atoms with Crippen molar-refractivity contribution >= 4 is 72.3 Å². The lowest BCUT2D eigenvalue weighted by Crippen LogP contribution is -2.11. The van der Waals surface area contributed by atoms with Crippen LogP contribution in [0.3, 0.4) is 0 Å². The fraction of sp³-hybridized carbons (Fsp3) is 0. The van der Waals surface area contributed by atoms with Crippen molar-refractivity contribution in [3.8, 4) is 22.6 Å². The normalized spacial score (nSPS) is 12.3. The molecule has 0 atom stereocenters. The van der Waals surface area contributed by atoms with Crippen LogP contribution in [0.4, 0.5) is 17.1 Å². The molecule has 1 aliphatic heterocycles. The van der Waals surface area contributed by atoms with Crippen LogP contribution in [0.25, 0.3) is 66.4 Å². The summed E-state index contributed by atoms with van der Waals surface area (Å²) >= 11 is 0. The molecule has 0 saturated carbocycles. The molecule has 10 rings (SSSR count). The second kappa shape index (κ2) is 11.5. The molecule has 0 unspecified atom stereocenters. The minimum atomic E-state index is 0.768. The molecule has 0 N–H and O–H groups in total. The zero-order chi connectivity index (χ0) is 33.0. The molecule has 0 spiro atoms. The van der Waals surface area contributed by atoms with Crippen molar-refractivity contribution in [2.45, 2.75) is 0 Å². The van der Waals surface area contributed by atoms with Crippen molar-refractivity contribution in [3.05, 3.63) is 181 Å². The minimum absolute atomic E-state index is 0.768. The van der Waals surface area contributed by atoms with Gasteiger partial charge in [0.2, 0.25) is 0 Å². The lowest BCUT2D eigenvalue weighted by atomic mass is 9.87. The molecule has 1 aromatic heterocycles. The van der Waals surface area contributed by atoms with E-state index in [9.17, 15) is 0 Å². The van der Waals surface area contributed by atoms with Gasteiger partial charge in [-0.25, -0.2) is 0 Å². The lowest BCUT2D eigenvalue weighted by molar-refractivity contribution is 0.494. The molecule has 234 valence electrons. The molecular formula is C47H30N2O. The molecule has 1 aliphatic rings. The van der Waals surface area contributed by atoms with E-state index in [1.165, 1.54) is 27.1 Å². The number of hydrogen-bond acceptors (Lipinski definition) is 3. The Bertz CT molecular complexity index is 2740. The zero-order valence-electron chi connectivity index (χ0n) is 27.1. The van der Waals surface area contributed by atoms with Crippen LogP contribution in [-0.4, -0.2) is 4.98 Å². The largest absolute Gasteiger partial charge is 0.456 e. The van der Waals surface area contributed by atoms with Crippen LogP contribution in [0.15, 0.2) is 170 Å². The standard InChI is InChI=1S/C47H30N2O/c1-2-14-34(15-3-1)49-44-21-11-5-12-31(44)22-23-32-24-25-35(29-45(32)49)50-47-40-20-10-9-19-39(40)46(43-30-48-27-26-41(43)47)42-28-33-13-4-6-16-36(33)37-17-7-8-18-38(37)42/h1-30H. The summed E-state index contributed by atoms with van der Waals surface area (Å²) in [6.45, 7) is 0. The second-order valence-electron chi connectivity index (χ2n) is 12.7. The van der Waals surface area contributed by atoms with Gasteiger partial charge in [-0.2, -0.15) is 0 Å². The molecule has 0 bridgehead atoms. The summed E-state index contributed by atoms with van der Waals surface area (Å²) < 4.78 is 7.05. The predicted molar refractivity (Wildman–Crippen MR) is 210 cm³/mol. The topological polar surface area (TPSA) is 25.4 Å². The number of nitrogens with zero attached hydrogens (tertiary/aromatic N) is 2. The maximum Gasteiger partial charge on any atom is 0.143 e. The molecule has 8 aromatic carbocycles. The number of ether oxygens (including phenoxy) is 1. The Balaban J connectivity index is 1.20. The lowest BCUT2D eigenvalue weighted by Gasteiger charge is -2.27. The Kier molecular flexibility index (Phi) is 6.49. The third kappa shape index (κ3) is 4.48. The van der Waals surface area contributed by atoms with Gasteiger partial charge in [-0.3, -0.25) is 4.98 Å². The first-order valence-electron chi connectivity index (χ1n) is 17.0. The summed E-state index contributed by atoms with van der Waals surface area (Å²) in [5.41, 5.74) is 7.91. The van der Waals surface area contributed by atoms with Gasteiger partial charge in [0.15, 0.2) is 0 Å². The Morgan fingerprint density at radius 3 is 1.98 bits per heavy atom. The van der Waals surface area contributed by atoms with Crippen molar-refractivity contribution < 1.29 is 4.74 Å². The Labute approximate surface area is 290 Å². The third-order valence-corrected chi connectivity index (χ3v) is 9.91. The maximum atomic E-state index is 7.05. The Hall–Kier alpha value is -6.71. The number of para-hydroxylation sites is 2. The summed E-state index contributed by atoms with van der Waals surface area (Å²) in [4.78, 5) is 6.98. The first-order valence-corrected chi connectivity index (χ1v) is 17.0. The molecule has 0 aliphatic carbocycles. The summed E-state index contributed by atoms with van der Waals surface area (Å²) in [5, 5.41) is 9.18. The van der Waals surface area contributed by atoms with Gasteiger partial charge in [0.25, 0.3) is 0 Å². The molecule has 0 saturated heterocycles. The van der Waals surface area contributed by atoms with Gasteiger partial charge < -0.3 is 9.64 Å². The quantitative estimate of drug-likeness (QED) is 0.142. The minimum Gasteiger partial charge on any atom is -0.456 e. The van der Waals surface area contributed by atoms with Gasteiger partial charge in [-0.05, 0) is 91.6 Å². The Morgan fingerprint density at radius 2 is 1.12 bits per heavy atom. The van der Waals surface area contributed by atoms with Gasteiger partial charge in [0.1, 0.15) is 11.5 Å². The van der Waals surface area contributed by atoms with Crippen LogP contribution in [0.5, 0.6) is 11.5 Å². The van der Waals surface area contributed by atoms with E-state index in [-0.39, 0.29) is 0 Å². The van der Waals surface area contributed by atoms with Crippen LogP contribution in [0, 0.1) is 0 Å². The fourth-order valence-electron chi connectivity index (χ4n) is 7.68. The fourth-order valence-corrected chi connectivity index (χ4v) is 7.68. The van der Waals surface area contributed by atoms with Crippen molar-refractivity contribution in [1.29, 1.82) is 0 Å². The van der Waals surface area contributed by atoms with Gasteiger partial charge >= 0.3 is 0 Å². The monoisotopic (exact) mass is 638 g/mol. The highest BCUT2D eigenvalue weighted by atomic mass is 16.5. The SMILES string of the molecule is C1=Cc2ccc(Oc3c4ccccc4c(-c4cc5ccccc5c5ccccc45)c4cnccc34)cc2N(c2ccccc2)c2ccccc21. The number of fused-ring (bicyclic) bond motifs is 7. The van der Waals surface area contributed by atoms with E-state index >= 15 is 0 Å². The molecular weight excluding hydrogens is 609 g/mol. The molecule has 0 amide bonds. The van der Waals surface area contributed by atoms with Gasteiger partial charge in [0.05, 0.1) is 11.4 Å². The molecule has 2 heterocycles. The zero-order valence-corrected chi connectivity index (χ0v) is 27.1. The van der Waals surface area contributed by atoms with Gasteiger partial charge in [-0.1, -0.05) is 121 Å². The number of hydrogen-bond donors (Lipinski definition) is 0. The first-order chi connectivity index (χ1) is 24.8. The van der Waals surface area contributed by atoms with Gasteiger partial charge in [0, 0.05) is 40.3 Å². The summed E-state index contributed by atoms with van der Waals surface area (Å²) in [7, 11) is 0. The van der Waals surface area contributed by atoms with Crippen LogP contribution in [0.2, 0.25) is 0 Å². The molecule has 9 aromatic rings. The summed E-state index contributed by atoms with van der Waals surface area (Å²) in [6.07, 6.45) is 8.24. The maximum absolute atomic E-state index is 7.05. The van der Waals surface area contributed by atoms with E-state index in [4.69, 9.17) is 4.74 Å². The van der Waals surface area contributed by atoms with Crippen LogP contribution in [-0.2, 0) is 0 Å². The van der Waals surface area contributed by atoms with E-state index in [1.54, 1.807) is 0 Å². The average Bonchev–Trinajstić information content (AvgIpc) is 3.35.